The lowest BCUT2D eigenvalue weighted by Gasteiger charge is -2.30. The Labute approximate surface area is 97.2 Å². The van der Waals surface area contributed by atoms with Crippen molar-refractivity contribution in [2.45, 2.75) is 33.1 Å². The third kappa shape index (κ3) is 3.18. The largest absolute Gasteiger partial charge is 0.411 e. The first-order valence-corrected chi connectivity index (χ1v) is 7.30. The average molecular weight is 248 g/mol. The molecule has 0 bridgehead atoms. The van der Waals surface area contributed by atoms with E-state index in [0.29, 0.717) is 31.6 Å². The van der Waals surface area contributed by atoms with Crippen LogP contribution in [0.25, 0.3) is 0 Å². The third-order valence-electron chi connectivity index (χ3n) is 2.94. The molecule has 0 radical (unpaired) electrons. The van der Waals surface area contributed by atoms with Gasteiger partial charge in [-0.1, -0.05) is 25.4 Å². The van der Waals surface area contributed by atoms with Crippen LogP contribution in [0, 0.1) is 5.92 Å². The molecule has 1 aliphatic rings. The lowest BCUT2D eigenvalue weighted by Crippen LogP contribution is -2.44. The first-order chi connectivity index (χ1) is 7.51. The topological polar surface area (TPSA) is 70.0 Å². The maximum absolute atomic E-state index is 11.9. The Hall–Kier alpha value is -0.620. The zero-order chi connectivity index (χ0) is 12.2. The average Bonchev–Trinajstić information content (AvgIpc) is 2.26. The van der Waals surface area contributed by atoms with E-state index >= 15 is 0 Å². The SMILES string of the molecule is CCCCS(=O)(=O)N1CCC(=NO)C(C)C1. The zero-order valence-corrected chi connectivity index (χ0v) is 10.7. The van der Waals surface area contributed by atoms with E-state index in [0.717, 1.165) is 6.42 Å². The summed E-state index contributed by atoms with van der Waals surface area (Å²) < 4.78 is 25.3. The van der Waals surface area contributed by atoms with Gasteiger partial charge in [0.2, 0.25) is 10.0 Å². The van der Waals surface area contributed by atoms with Crippen LogP contribution in [0.15, 0.2) is 5.16 Å². The normalized spacial score (nSPS) is 26.1. The van der Waals surface area contributed by atoms with Gasteiger partial charge in [-0.25, -0.2) is 12.7 Å². The minimum Gasteiger partial charge on any atom is -0.411 e. The molecule has 94 valence electrons. The van der Waals surface area contributed by atoms with E-state index < -0.39 is 10.0 Å². The van der Waals surface area contributed by atoms with Gasteiger partial charge in [-0.2, -0.15) is 0 Å². The van der Waals surface area contributed by atoms with Gasteiger partial charge in [0.25, 0.3) is 0 Å². The van der Waals surface area contributed by atoms with E-state index in [4.69, 9.17) is 5.21 Å². The van der Waals surface area contributed by atoms with Crippen LogP contribution in [0.4, 0.5) is 0 Å². The van der Waals surface area contributed by atoms with Crippen LogP contribution in [0.2, 0.25) is 0 Å². The number of oxime groups is 1. The highest BCUT2D eigenvalue weighted by Gasteiger charge is 2.29. The summed E-state index contributed by atoms with van der Waals surface area (Å²) in [5, 5.41) is 11.9. The Morgan fingerprint density at radius 3 is 2.75 bits per heavy atom. The number of piperidine rings is 1. The van der Waals surface area contributed by atoms with E-state index in [1.807, 2.05) is 13.8 Å². The molecule has 1 unspecified atom stereocenters. The standard InChI is InChI=1S/C10H20N2O3S/c1-3-4-7-16(14,15)12-6-5-10(11-13)9(2)8-12/h9,13H,3-8H2,1-2H3. The van der Waals surface area contributed by atoms with Crippen LogP contribution in [-0.4, -0.2) is 42.5 Å². The van der Waals surface area contributed by atoms with Crippen LogP contribution in [-0.2, 0) is 10.0 Å². The molecular formula is C10H20N2O3S. The summed E-state index contributed by atoms with van der Waals surface area (Å²) in [6, 6.07) is 0. The van der Waals surface area contributed by atoms with Crippen molar-refractivity contribution in [2.75, 3.05) is 18.8 Å². The van der Waals surface area contributed by atoms with E-state index in [9.17, 15) is 8.42 Å². The Kier molecular flexibility index (Phi) is 4.73. The number of hydrogen-bond acceptors (Lipinski definition) is 4. The van der Waals surface area contributed by atoms with Crippen LogP contribution >= 0.6 is 0 Å². The number of nitrogens with zero attached hydrogens (tertiary/aromatic N) is 2. The van der Waals surface area contributed by atoms with Crippen molar-refractivity contribution in [1.82, 2.24) is 4.31 Å². The highest BCUT2D eigenvalue weighted by molar-refractivity contribution is 7.89. The Balaban J connectivity index is 2.64. The molecule has 0 aromatic carbocycles. The van der Waals surface area contributed by atoms with Crippen LogP contribution in [0.3, 0.4) is 0 Å². The van der Waals surface area contributed by atoms with E-state index in [1.165, 1.54) is 4.31 Å². The fourth-order valence-corrected chi connectivity index (χ4v) is 3.58. The van der Waals surface area contributed by atoms with Crippen molar-refractivity contribution in [3.63, 3.8) is 0 Å². The second kappa shape index (κ2) is 5.63. The molecule has 0 amide bonds. The van der Waals surface area contributed by atoms with Gasteiger partial charge in [-0.3, -0.25) is 0 Å². The van der Waals surface area contributed by atoms with E-state index in [2.05, 4.69) is 5.16 Å². The maximum Gasteiger partial charge on any atom is 0.214 e. The molecule has 1 atom stereocenters. The molecule has 1 fully saturated rings. The van der Waals surface area contributed by atoms with Gasteiger partial charge in [-0.05, 0) is 6.42 Å². The lowest BCUT2D eigenvalue weighted by molar-refractivity contribution is 0.300. The van der Waals surface area contributed by atoms with Gasteiger partial charge in [0.1, 0.15) is 0 Å². The monoisotopic (exact) mass is 248 g/mol. The van der Waals surface area contributed by atoms with Gasteiger partial charge in [0, 0.05) is 25.4 Å². The molecular weight excluding hydrogens is 228 g/mol. The molecule has 1 rings (SSSR count). The molecule has 1 aliphatic heterocycles. The molecule has 16 heavy (non-hydrogen) atoms. The Morgan fingerprint density at radius 2 is 2.25 bits per heavy atom. The predicted octanol–water partition coefficient (Wildman–Crippen LogP) is 1.29. The molecule has 1 N–H and O–H groups in total. The number of hydrogen-bond donors (Lipinski definition) is 1. The van der Waals surface area contributed by atoms with Crippen molar-refractivity contribution >= 4 is 15.7 Å². The summed E-state index contributed by atoms with van der Waals surface area (Å²) >= 11 is 0. The molecule has 0 saturated carbocycles. The Bertz CT molecular complexity index is 351. The molecule has 0 aliphatic carbocycles. The second-order valence-corrected chi connectivity index (χ2v) is 6.36. The minimum absolute atomic E-state index is 0.00940. The lowest BCUT2D eigenvalue weighted by atomic mass is 10.00. The van der Waals surface area contributed by atoms with Gasteiger partial charge < -0.3 is 5.21 Å². The van der Waals surface area contributed by atoms with Crippen LogP contribution in [0.5, 0.6) is 0 Å². The van der Waals surface area contributed by atoms with Crippen molar-refractivity contribution in [2.24, 2.45) is 11.1 Å². The molecule has 1 saturated heterocycles. The smallest absolute Gasteiger partial charge is 0.214 e. The van der Waals surface area contributed by atoms with Crippen molar-refractivity contribution < 1.29 is 13.6 Å². The Morgan fingerprint density at radius 1 is 1.56 bits per heavy atom. The fourth-order valence-electron chi connectivity index (χ4n) is 1.84. The summed E-state index contributed by atoms with van der Waals surface area (Å²) in [5.74, 6) is 0.233. The molecule has 5 nitrogen and oxygen atoms in total. The molecule has 0 aromatic rings. The third-order valence-corrected chi connectivity index (χ3v) is 4.86. The quantitative estimate of drug-likeness (QED) is 0.602. The van der Waals surface area contributed by atoms with Crippen molar-refractivity contribution in [3.8, 4) is 0 Å². The summed E-state index contributed by atoms with van der Waals surface area (Å²) in [7, 11) is -3.11. The van der Waals surface area contributed by atoms with E-state index in [1.54, 1.807) is 0 Å². The summed E-state index contributed by atoms with van der Waals surface area (Å²) in [5.41, 5.74) is 0.696. The molecule has 0 spiro atoms. The zero-order valence-electron chi connectivity index (χ0n) is 9.89. The van der Waals surface area contributed by atoms with Gasteiger partial charge in [0.05, 0.1) is 11.5 Å². The predicted molar refractivity (Wildman–Crippen MR) is 63.3 cm³/mol. The number of unbranched alkanes of at least 4 members (excludes halogenated alkanes) is 1. The molecule has 6 heteroatoms. The van der Waals surface area contributed by atoms with Gasteiger partial charge >= 0.3 is 0 Å². The highest BCUT2D eigenvalue weighted by Crippen LogP contribution is 2.17. The summed E-state index contributed by atoms with van der Waals surface area (Å²) in [4.78, 5) is 0. The number of sulfonamides is 1. The van der Waals surface area contributed by atoms with E-state index in [-0.39, 0.29) is 11.7 Å². The van der Waals surface area contributed by atoms with Gasteiger partial charge in [0.15, 0.2) is 0 Å². The second-order valence-electron chi connectivity index (χ2n) is 4.27. The maximum atomic E-state index is 11.9. The number of rotatable bonds is 4. The highest BCUT2D eigenvalue weighted by atomic mass is 32.2. The van der Waals surface area contributed by atoms with Crippen molar-refractivity contribution in [3.05, 3.63) is 0 Å². The van der Waals surface area contributed by atoms with Crippen LogP contribution in [0.1, 0.15) is 33.1 Å². The fraction of sp³-hybridized carbons (Fsp3) is 0.900. The molecule has 0 aromatic heterocycles. The first-order valence-electron chi connectivity index (χ1n) is 5.70. The minimum atomic E-state index is -3.11. The summed E-state index contributed by atoms with van der Waals surface area (Å²) in [6.45, 7) is 4.74. The molecule has 1 heterocycles. The summed E-state index contributed by atoms with van der Waals surface area (Å²) in [6.07, 6.45) is 2.11. The first kappa shape index (κ1) is 13.4. The van der Waals surface area contributed by atoms with Crippen LogP contribution < -0.4 is 0 Å². The van der Waals surface area contributed by atoms with Crippen molar-refractivity contribution in [1.29, 1.82) is 0 Å². The van der Waals surface area contributed by atoms with Gasteiger partial charge in [-0.15, -0.1) is 0 Å².